The molecule has 3 heteroatoms. The summed E-state index contributed by atoms with van der Waals surface area (Å²) < 4.78 is 5.91. The average molecular weight is 352 g/mol. The Labute approximate surface area is 154 Å². The van der Waals surface area contributed by atoms with Gasteiger partial charge in [-0.05, 0) is 54.8 Å². The molecule has 2 nitrogen and oxygen atoms in total. The molecular weight excluding hydrogens is 330 g/mol. The fourth-order valence-corrected chi connectivity index (χ4v) is 2.68. The summed E-state index contributed by atoms with van der Waals surface area (Å²) in [6.07, 6.45) is 0. The summed E-state index contributed by atoms with van der Waals surface area (Å²) in [5.41, 5.74) is 5.69. The molecule has 0 fully saturated rings. The van der Waals surface area contributed by atoms with Gasteiger partial charge >= 0.3 is 0 Å². The van der Waals surface area contributed by atoms with E-state index in [1.807, 2.05) is 37.3 Å². The van der Waals surface area contributed by atoms with E-state index in [1.165, 1.54) is 11.1 Å². The van der Waals surface area contributed by atoms with Crippen LogP contribution in [0.4, 0.5) is 5.69 Å². The standard InChI is InChI=1S/C22H22ClNO/c1-16-6-9-18(10-7-16)15-25-21-5-3-4-19(12-21)14-24-20-11-8-17(2)22(23)13-20/h3-13,24H,14-15H2,1-2H3. The molecule has 0 unspecified atom stereocenters. The van der Waals surface area contributed by atoms with Gasteiger partial charge in [0, 0.05) is 17.3 Å². The minimum atomic E-state index is 0.574. The Morgan fingerprint density at radius 2 is 1.68 bits per heavy atom. The first kappa shape index (κ1) is 17.4. The van der Waals surface area contributed by atoms with Gasteiger partial charge in [-0.25, -0.2) is 0 Å². The van der Waals surface area contributed by atoms with Crippen molar-refractivity contribution in [3.05, 3.63) is 94.0 Å². The number of hydrogen-bond donors (Lipinski definition) is 1. The molecule has 3 rings (SSSR count). The van der Waals surface area contributed by atoms with Gasteiger partial charge in [-0.3, -0.25) is 0 Å². The van der Waals surface area contributed by atoms with Gasteiger partial charge < -0.3 is 10.1 Å². The summed E-state index contributed by atoms with van der Waals surface area (Å²) in [4.78, 5) is 0. The maximum atomic E-state index is 6.17. The second-order valence-corrected chi connectivity index (χ2v) is 6.65. The van der Waals surface area contributed by atoms with Crippen molar-refractivity contribution >= 4 is 17.3 Å². The number of hydrogen-bond acceptors (Lipinski definition) is 2. The summed E-state index contributed by atoms with van der Waals surface area (Å²) in [5, 5.41) is 4.17. The van der Waals surface area contributed by atoms with Crippen LogP contribution in [0, 0.1) is 13.8 Å². The molecule has 0 aromatic heterocycles. The van der Waals surface area contributed by atoms with Crippen LogP contribution < -0.4 is 10.1 Å². The summed E-state index contributed by atoms with van der Waals surface area (Å²) in [5.74, 6) is 0.877. The molecule has 0 amide bonds. The molecule has 0 atom stereocenters. The van der Waals surface area contributed by atoms with Gasteiger partial charge in [0.1, 0.15) is 12.4 Å². The van der Waals surface area contributed by atoms with E-state index >= 15 is 0 Å². The van der Waals surface area contributed by atoms with E-state index in [1.54, 1.807) is 0 Å². The normalized spacial score (nSPS) is 10.5. The van der Waals surface area contributed by atoms with Gasteiger partial charge in [-0.1, -0.05) is 59.6 Å². The highest BCUT2D eigenvalue weighted by atomic mass is 35.5. The Kier molecular flexibility index (Phi) is 5.62. The van der Waals surface area contributed by atoms with Crippen molar-refractivity contribution in [1.29, 1.82) is 0 Å². The van der Waals surface area contributed by atoms with Gasteiger partial charge in [0.15, 0.2) is 0 Å². The largest absolute Gasteiger partial charge is 0.489 e. The molecule has 0 spiro atoms. The number of anilines is 1. The van der Waals surface area contributed by atoms with Crippen LogP contribution in [-0.4, -0.2) is 0 Å². The maximum Gasteiger partial charge on any atom is 0.120 e. The Balaban J connectivity index is 1.59. The monoisotopic (exact) mass is 351 g/mol. The van der Waals surface area contributed by atoms with Crippen LogP contribution in [-0.2, 0) is 13.2 Å². The van der Waals surface area contributed by atoms with E-state index in [2.05, 4.69) is 48.6 Å². The highest BCUT2D eigenvalue weighted by Gasteiger charge is 2.01. The number of ether oxygens (including phenoxy) is 1. The number of halogens is 1. The van der Waals surface area contributed by atoms with E-state index in [0.29, 0.717) is 6.61 Å². The predicted molar refractivity (Wildman–Crippen MR) is 105 cm³/mol. The molecule has 0 aliphatic rings. The first-order valence-electron chi connectivity index (χ1n) is 8.37. The molecule has 25 heavy (non-hydrogen) atoms. The van der Waals surface area contributed by atoms with Crippen LogP contribution in [0.5, 0.6) is 5.75 Å². The molecule has 0 aliphatic carbocycles. The molecule has 3 aromatic carbocycles. The smallest absolute Gasteiger partial charge is 0.120 e. The van der Waals surface area contributed by atoms with E-state index in [-0.39, 0.29) is 0 Å². The van der Waals surface area contributed by atoms with Crippen molar-refractivity contribution in [3.63, 3.8) is 0 Å². The molecule has 128 valence electrons. The topological polar surface area (TPSA) is 21.3 Å². The SMILES string of the molecule is Cc1ccc(COc2cccc(CNc3ccc(C)c(Cl)c3)c2)cc1. The van der Waals surface area contributed by atoms with Crippen LogP contribution in [0.3, 0.4) is 0 Å². The predicted octanol–water partition coefficient (Wildman–Crippen LogP) is 6.15. The highest BCUT2D eigenvalue weighted by Crippen LogP contribution is 2.21. The second-order valence-electron chi connectivity index (χ2n) is 6.24. The number of rotatable bonds is 6. The average Bonchev–Trinajstić information content (AvgIpc) is 2.63. The van der Waals surface area contributed by atoms with E-state index < -0.39 is 0 Å². The van der Waals surface area contributed by atoms with Crippen LogP contribution in [0.1, 0.15) is 22.3 Å². The van der Waals surface area contributed by atoms with Gasteiger partial charge in [0.2, 0.25) is 0 Å². The lowest BCUT2D eigenvalue weighted by Gasteiger charge is -2.11. The molecule has 0 heterocycles. The summed E-state index contributed by atoms with van der Waals surface area (Å²) in [6.45, 7) is 5.38. The van der Waals surface area contributed by atoms with Crippen molar-refractivity contribution in [2.45, 2.75) is 27.0 Å². The number of nitrogens with one attached hydrogen (secondary N) is 1. The quantitative estimate of drug-likeness (QED) is 0.575. The molecule has 0 saturated carbocycles. The summed E-state index contributed by atoms with van der Waals surface area (Å²) in [7, 11) is 0. The summed E-state index contributed by atoms with van der Waals surface area (Å²) in [6, 6.07) is 22.6. The van der Waals surface area contributed by atoms with Crippen molar-refractivity contribution in [3.8, 4) is 5.75 Å². The van der Waals surface area contributed by atoms with E-state index in [4.69, 9.17) is 16.3 Å². The van der Waals surface area contributed by atoms with Crippen molar-refractivity contribution < 1.29 is 4.74 Å². The first-order chi connectivity index (χ1) is 12.1. The second kappa shape index (κ2) is 8.09. The Bertz CT molecular complexity index is 843. The summed E-state index contributed by atoms with van der Waals surface area (Å²) >= 11 is 6.17. The molecule has 0 radical (unpaired) electrons. The molecule has 1 N–H and O–H groups in total. The van der Waals surface area contributed by atoms with Gasteiger partial charge in [0.25, 0.3) is 0 Å². The third-order valence-electron chi connectivity index (χ3n) is 4.09. The third-order valence-corrected chi connectivity index (χ3v) is 4.50. The fourth-order valence-electron chi connectivity index (χ4n) is 2.50. The molecule has 0 bridgehead atoms. The number of benzene rings is 3. The van der Waals surface area contributed by atoms with Gasteiger partial charge in [0.05, 0.1) is 0 Å². The lowest BCUT2D eigenvalue weighted by atomic mass is 10.1. The zero-order chi connectivity index (χ0) is 17.6. The first-order valence-corrected chi connectivity index (χ1v) is 8.75. The fraction of sp³-hybridized carbons (Fsp3) is 0.182. The molecule has 3 aromatic rings. The van der Waals surface area contributed by atoms with Crippen LogP contribution >= 0.6 is 11.6 Å². The maximum absolute atomic E-state index is 6.17. The minimum Gasteiger partial charge on any atom is -0.489 e. The number of aryl methyl sites for hydroxylation is 2. The van der Waals surface area contributed by atoms with Crippen LogP contribution in [0.25, 0.3) is 0 Å². The third kappa shape index (κ3) is 5.01. The Morgan fingerprint density at radius 3 is 2.44 bits per heavy atom. The van der Waals surface area contributed by atoms with E-state index in [0.717, 1.165) is 34.1 Å². The molecule has 0 aliphatic heterocycles. The zero-order valence-corrected chi connectivity index (χ0v) is 15.3. The van der Waals surface area contributed by atoms with Crippen molar-refractivity contribution in [1.82, 2.24) is 0 Å². The van der Waals surface area contributed by atoms with E-state index in [9.17, 15) is 0 Å². The lowest BCUT2D eigenvalue weighted by molar-refractivity contribution is 0.306. The minimum absolute atomic E-state index is 0.574. The lowest BCUT2D eigenvalue weighted by Crippen LogP contribution is -2.01. The van der Waals surface area contributed by atoms with Crippen molar-refractivity contribution in [2.75, 3.05) is 5.32 Å². The Hall–Kier alpha value is -2.45. The highest BCUT2D eigenvalue weighted by molar-refractivity contribution is 6.31. The van der Waals surface area contributed by atoms with Crippen molar-refractivity contribution in [2.24, 2.45) is 0 Å². The molecular formula is C22H22ClNO. The van der Waals surface area contributed by atoms with Crippen LogP contribution in [0.15, 0.2) is 66.7 Å². The van der Waals surface area contributed by atoms with Crippen LogP contribution in [0.2, 0.25) is 5.02 Å². The van der Waals surface area contributed by atoms with Gasteiger partial charge in [-0.2, -0.15) is 0 Å². The zero-order valence-electron chi connectivity index (χ0n) is 14.6. The Morgan fingerprint density at radius 1 is 0.880 bits per heavy atom. The molecule has 0 saturated heterocycles. The van der Waals surface area contributed by atoms with Gasteiger partial charge in [-0.15, -0.1) is 0 Å².